The second-order valence-electron chi connectivity index (χ2n) is 5.63. The van der Waals surface area contributed by atoms with E-state index in [0.717, 1.165) is 16.8 Å². The van der Waals surface area contributed by atoms with Crippen molar-refractivity contribution < 1.29 is 4.39 Å². The van der Waals surface area contributed by atoms with Gasteiger partial charge in [-0.3, -0.25) is 0 Å². The third-order valence-corrected chi connectivity index (χ3v) is 4.25. The normalized spacial score (nSPS) is 18.8. The van der Waals surface area contributed by atoms with E-state index < -0.39 is 0 Å². The topological polar surface area (TPSA) is 12.0 Å². The molecule has 1 N–H and O–H groups in total. The number of benzene rings is 2. The number of halogens is 1. The van der Waals surface area contributed by atoms with Crippen LogP contribution in [0.4, 0.5) is 4.39 Å². The fourth-order valence-electron chi connectivity index (χ4n) is 2.63. The standard InChI is InChI=1S/C19H18FN/c1-4-19(3)17-10-7-15(11-18(17)19)13(2)21-12-14-5-8-16(20)9-6-14/h4-11,21H,1-2,12H2,3H3. The Hall–Kier alpha value is -2.35. The lowest BCUT2D eigenvalue weighted by Gasteiger charge is -2.09. The van der Waals surface area contributed by atoms with Crippen LogP contribution in [-0.2, 0) is 12.0 Å². The molecule has 1 atom stereocenters. The molecule has 0 aromatic heterocycles. The Kier molecular flexibility index (Phi) is 3.17. The molecule has 1 aliphatic rings. The third-order valence-electron chi connectivity index (χ3n) is 4.25. The van der Waals surface area contributed by atoms with Gasteiger partial charge in [0.25, 0.3) is 0 Å². The molecule has 0 saturated carbocycles. The molecule has 0 heterocycles. The molecule has 2 heteroatoms. The molecule has 106 valence electrons. The summed E-state index contributed by atoms with van der Waals surface area (Å²) < 4.78 is 12.9. The second-order valence-corrected chi connectivity index (χ2v) is 5.63. The van der Waals surface area contributed by atoms with Crippen molar-refractivity contribution in [2.75, 3.05) is 0 Å². The summed E-state index contributed by atoms with van der Waals surface area (Å²) in [6, 6.07) is 12.9. The zero-order chi connectivity index (χ0) is 15.0. The van der Waals surface area contributed by atoms with Crippen molar-refractivity contribution in [3.63, 3.8) is 0 Å². The molecule has 1 unspecified atom stereocenters. The van der Waals surface area contributed by atoms with Gasteiger partial charge >= 0.3 is 0 Å². The lowest BCUT2D eigenvalue weighted by molar-refractivity contribution is 0.626. The summed E-state index contributed by atoms with van der Waals surface area (Å²) in [5, 5.41) is 3.29. The molecule has 1 nitrogen and oxygen atoms in total. The van der Waals surface area contributed by atoms with E-state index in [4.69, 9.17) is 0 Å². The molecule has 2 aromatic carbocycles. The van der Waals surface area contributed by atoms with E-state index in [1.807, 2.05) is 6.08 Å². The number of hydrogen-bond donors (Lipinski definition) is 1. The number of hydrogen-bond acceptors (Lipinski definition) is 1. The van der Waals surface area contributed by atoms with Crippen LogP contribution in [0.1, 0.15) is 29.2 Å². The van der Waals surface area contributed by atoms with Crippen LogP contribution < -0.4 is 5.32 Å². The number of allylic oxidation sites excluding steroid dienone is 1. The Morgan fingerprint density at radius 2 is 1.90 bits per heavy atom. The highest BCUT2D eigenvalue weighted by Gasteiger charge is 2.43. The van der Waals surface area contributed by atoms with Crippen molar-refractivity contribution in [1.82, 2.24) is 5.32 Å². The first-order valence-electron chi connectivity index (χ1n) is 7.01. The van der Waals surface area contributed by atoms with Crippen LogP contribution in [0.2, 0.25) is 0 Å². The van der Waals surface area contributed by atoms with Crippen molar-refractivity contribution in [3.8, 4) is 0 Å². The van der Waals surface area contributed by atoms with Gasteiger partial charge in [0.2, 0.25) is 0 Å². The lowest BCUT2D eigenvalue weighted by Crippen LogP contribution is -2.10. The molecular formula is C19H18FN. The van der Waals surface area contributed by atoms with Gasteiger partial charge in [-0.25, -0.2) is 4.39 Å². The van der Waals surface area contributed by atoms with Gasteiger partial charge in [0, 0.05) is 17.7 Å². The largest absolute Gasteiger partial charge is 0.381 e. The van der Waals surface area contributed by atoms with Crippen LogP contribution in [0, 0.1) is 5.82 Å². The minimum absolute atomic E-state index is 0.0372. The van der Waals surface area contributed by atoms with Crippen LogP contribution in [0.25, 0.3) is 5.70 Å². The molecule has 0 aliphatic heterocycles. The molecule has 0 amide bonds. The van der Waals surface area contributed by atoms with Crippen LogP contribution in [-0.4, -0.2) is 0 Å². The van der Waals surface area contributed by atoms with E-state index >= 15 is 0 Å². The lowest BCUT2D eigenvalue weighted by atomic mass is 10.1. The Bertz CT molecular complexity index is 715. The van der Waals surface area contributed by atoms with E-state index in [9.17, 15) is 4.39 Å². The molecule has 0 fully saturated rings. The molecule has 0 spiro atoms. The van der Waals surface area contributed by atoms with E-state index in [0.29, 0.717) is 6.54 Å². The fraction of sp³-hybridized carbons (Fsp3) is 0.158. The Morgan fingerprint density at radius 3 is 2.57 bits per heavy atom. The minimum Gasteiger partial charge on any atom is -0.381 e. The molecule has 0 saturated heterocycles. The first kappa shape index (κ1) is 13.6. The second kappa shape index (κ2) is 4.88. The van der Waals surface area contributed by atoms with Crippen molar-refractivity contribution in [2.24, 2.45) is 0 Å². The van der Waals surface area contributed by atoms with Gasteiger partial charge in [0.1, 0.15) is 5.82 Å². The zero-order valence-electron chi connectivity index (χ0n) is 12.1. The molecule has 1 aliphatic carbocycles. The van der Waals surface area contributed by atoms with Crippen molar-refractivity contribution in [2.45, 2.75) is 18.9 Å². The van der Waals surface area contributed by atoms with Gasteiger partial charge in [-0.05, 0) is 47.4 Å². The minimum atomic E-state index is -0.215. The molecule has 2 aromatic rings. The highest BCUT2D eigenvalue weighted by Crippen LogP contribution is 2.51. The van der Waals surface area contributed by atoms with Crippen LogP contribution in [0.15, 0.2) is 61.7 Å². The molecule has 3 rings (SSSR count). The average Bonchev–Trinajstić information content (AvgIpc) is 3.11. The predicted octanol–water partition coefficient (Wildman–Crippen LogP) is 4.39. The Morgan fingerprint density at radius 1 is 1.19 bits per heavy atom. The van der Waals surface area contributed by atoms with Gasteiger partial charge in [-0.2, -0.15) is 0 Å². The van der Waals surface area contributed by atoms with Crippen LogP contribution >= 0.6 is 0 Å². The van der Waals surface area contributed by atoms with E-state index in [1.165, 1.54) is 23.3 Å². The summed E-state index contributed by atoms with van der Waals surface area (Å²) in [5.74, 6) is -0.215. The number of rotatable bonds is 5. The quantitative estimate of drug-likeness (QED) is 0.800. The van der Waals surface area contributed by atoms with Crippen molar-refractivity contribution >= 4 is 5.70 Å². The first-order valence-corrected chi connectivity index (χ1v) is 7.01. The number of nitrogens with one attached hydrogen (secondary N) is 1. The van der Waals surface area contributed by atoms with Crippen molar-refractivity contribution in [3.05, 3.63) is 89.8 Å². The predicted molar refractivity (Wildman–Crippen MR) is 85.4 cm³/mol. The first-order chi connectivity index (χ1) is 10.0. The maximum absolute atomic E-state index is 12.9. The highest BCUT2D eigenvalue weighted by atomic mass is 19.1. The molecule has 0 radical (unpaired) electrons. The Balaban J connectivity index is 1.67. The summed E-state index contributed by atoms with van der Waals surface area (Å²) in [6.07, 6.45) is 1.98. The Labute approximate surface area is 124 Å². The van der Waals surface area contributed by atoms with E-state index in [1.54, 1.807) is 12.1 Å². The molecular weight excluding hydrogens is 261 g/mol. The van der Waals surface area contributed by atoms with Gasteiger partial charge in [0.15, 0.2) is 0 Å². The monoisotopic (exact) mass is 279 g/mol. The SMILES string of the molecule is C=CC1(C)c2ccc(C(=C)NCc3ccc(F)cc3)cc21. The van der Waals surface area contributed by atoms with Crippen LogP contribution in [0.5, 0.6) is 0 Å². The maximum Gasteiger partial charge on any atom is 0.123 e. The summed E-state index contributed by atoms with van der Waals surface area (Å²) in [7, 11) is 0. The van der Waals surface area contributed by atoms with Crippen LogP contribution in [0.3, 0.4) is 0 Å². The summed E-state index contributed by atoms with van der Waals surface area (Å²) >= 11 is 0. The van der Waals surface area contributed by atoms with Gasteiger partial charge in [0.05, 0.1) is 0 Å². The summed E-state index contributed by atoms with van der Waals surface area (Å²) in [6.45, 7) is 10.8. The third kappa shape index (κ3) is 2.38. The van der Waals surface area contributed by atoms with E-state index in [-0.39, 0.29) is 11.2 Å². The van der Waals surface area contributed by atoms with Gasteiger partial charge in [-0.15, -0.1) is 6.58 Å². The van der Waals surface area contributed by atoms with Gasteiger partial charge in [-0.1, -0.05) is 36.9 Å². The maximum atomic E-state index is 12.9. The summed E-state index contributed by atoms with van der Waals surface area (Å²) in [4.78, 5) is 0. The fourth-order valence-corrected chi connectivity index (χ4v) is 2.63. The summed E-state index contributed by atoms with van der Waals surface area (Å²) in [5.41, 5.74) is 5.68. The zero-order valence-corrected chi connectivity index (χ0v) is 12.1. The molecule has 0 bridgehead atoms. The highest BCUT2D eigenvalue weighted by molar-refractivity contribution is 5.71. The number of fused-ring (bicyclic) bond motifs is 1. The smallest absolute Gasteiger partial charge is 0.123 e. The molecule has 21 heavy (non-hydrogen) atoms. The van der Waals surface area contributed by atoms with E-state index in [2.05, 4.69) is 43.6 Å². The van der Waals surface area contributed by atoms with Crippen molar-refractivity contribution in [1.29, 1.82) is 0 Å². The average molecular weight is 279 g/mol. The van der Waals surface area contributed by atoms with Gasteiger partial charge < -0.3 is 5.32 Å².